The van der Waals surface area contributed by atoms with Crippen molar-refractivity contribution in [1.82, 2.24) is 15.5 Å². The van der Waals surface area contributed by atoms with Gasteiger partial charge in [-0.25, -0.2) is 0 Å². The minimum Gasteiger partial charge on any atom is -0.352 e. The minimum absolute atomic E-state index is 0.0111. The van der Waals surface area contributed by atoms with Gasteiger partial charge in [-0.3, -0.25) is 9.59 Å². The third-order valence-corrected chi connectivity index (χ3v) is 4.00. The molecule has 2 aliphatic heterocycles. The number of nitrogens with one attached hydrogen (secondary N) is 2. The second-order valence-corrected chi connectivity index (χ2v) is 5.78. The summed E-state index contributed by atoms with van der Waals surface area (Å²) in [5.41, 5.74) is -0.252. The highest BCUT2D eigenvalue weighted by Gasteiger charge is 2.40. The van der Waals surface area contributed by atoms with Gasteiger partial charge in [0, 0.05) is 32.6 Å². The van der Waals surface area contributed by atoms with Gasteiger partial charge in [0.15, 0.2) is 0 Å². The molecule has 2 amide bonds. The first-order chi connectivity index (χ1) is 8.51. The van der Waals surface area contributed by atoms with Gasteiger partial charge in [-0.2, -0.15) is 0 Å². The van der Waals surface area contributed by atoms with Gasteiger partial charge in [-0.15, -0.1) is 0 Å². The van der Waals surface area contributed by atoms with Gasteiger partial charge in [0.1, 0.15) is 0 Å². The molecule has 0 spiro atoms. The molecule has 0 saturated carbocycles. The molecule has 0 aromatic carbocycles. The highest BCUT2D eigenvalue weighted by Crippen LogP contribution is 2.28. The number of carbonyl (C=O) groups is 2. The van der Waals surface area contributed by atoms with E-state index >= 15 is 0 Å². The monoisotopic (exact) mass is 253 g/mol. The van der Waals surface area contributed by atoms with E-state index in [1.54, 1.807) is 0 Å². The maximum absolute atomic E-state index is 12.5. The first-order valence-electron chi connectivity index (χ1n) is 6.78. The topological polar surface area (TPSA) is 61.4 Å². The average Bonchev–Trinajstić information content (AvgIpc) is 2.76. The number of hydrogen-bond donors (Lipinski definition) is 2. The van der Waals surface area contributed by atoms with Crippen LogP contribution in [0.2, 0.25) is 0 Å². The van der Waals surface area contributed by atoms with E-state index in [4.69, 9.17) is 0 Å². The Labute approximate surface area is 108 Å². The Morgan fingerprint density at radius 3 is 2.83 bits per heavy atom. The van der Waals surface area contributed by atoms with Gasteiger partial charge in [0.2, 0.25) is 11.8 Å². The second kappa shape index (κ2) is 5.26. The number of nitrogens with zero attached hydrogens (tertiary/aromatic N) is 1. The van der Waals surface area contributed by atoms with Crippen LogP contribution in [0.25, 0.3) is 0 Å². The largest absolute Gasteiger partial charge is 0.352 e. The van der Waals surface area contributed by atoms with Crippen molar-refractivity contribution in [3.63, 3.8) is 0 Å². The molecule has 2 aliphatic rings. The van der Waals surface area contributed by atoms with Crippen LogP contribution in [0.3, 0.4) is 0 Å². The molecule has 5 heteroatoms. The zero-order valence-electron chi connectivity index (χ0n) is 11.3. The summed E-state index contributed by atoms with van der Waals surface area (Å²) in [5, 5.41) is 6.18. The third kappa shape index (κ3) is 2.83. The van der Waals surface area contributed by atoms with E-state index in [0.717, 1.165) is 38.9 Å². The van der Waals surface area contributed by atoms with E-state index in [1.165, 1.54) is 6.92 Å². The molecule has 0 bridgehead atoms. The van der Waals surface area contributed by atoms with Crippen LogP contribution in [0, 0.1) is 5.41 Å². The van der Waals surface area contributed by atoms with Gasteiger partial charge in [0.25, 0.3) is 0 Å². The molecule has 0 unspecified atom stereocenters. The zero-order valence-corrected chi connectivity index (χ0v) is 11.3. The molecule has 0 aromatic rings. The van der Waals surface area contributed by atoms with Crippen molar-refractivity contribution in [1.29, 1.82) is 0 Å². The van der Waals surface area contributed by atoms with E-state index in [-0.39, 0.29) is 23.3 Å². The van der Waals surface area contributed by atoms with Crippen LogP contribution in [0.4, 0.5) is 0 Å². The molecule has 102 valence electrons. The van der Waals surface area contributed by atoms with Gasteiger partial charge in [-0.1, -0.05) is 0 Å². The van der Waals surface area contributed by atoms with Crippen molar-refractivity contribution in [2.24, 2.45) is 5.41 Å². The predicted octanol–water partition coefficient (Wildman–Crippen LogP) is 0.113. The first kappa shape index (κ1) is 13.3. The molecule has 0 radical (unpaired) electrons. The lowest BCUT2D eigenvalue weighted by Crippen LogP contribution is -2.53. The normalized spacial score (nSPS) is 32.3. The lowest BCUT2D eigenvalue weighted by molar-refractivity contribution is -0.142. The molecule has 0 aliphatic carbocycles. The van der Waals surface area contributed by atoms with Gasteiger partial charge < -0.3 is 15.5 Å². The Morgan fingerprint density at radius 2 is 2.22 bits per heavy atom. The molecule has 2 rings (SSSR count). The van der Waals surface area contributed by atoms with Crippen LogP contribution >= 0.6 is 0 Å². The molecule has 2 fully saturated rings. The summed E-state index contributed by atoms with van der Waals surface area (Å²) >= 11 is 0. The second-order valence-electron chi connectivity index (χ2n) is 5.78. The lowest BCUT2D eigenvalue weighted by atomic mass is 9.87. The molecular weight excluding hydrogens is 230 g/mol. The molecule has 2 saturated heterocycles. The van der Waals surface area contributed by atoms with E-state index in [2.05, 4.69) is 10.6 Å². The van der Waals surface area contributed by atoms with Crippen LogP contribution in [0.5, 0.6) is 0 Å². The maximum atomic E-state index is 12.5. The van der Waals surface area contributed by atoms with Crippen LogP contribution in [-0.4, -0.2) is 48.9 Å². The van der Waals surface area contributed by atoms with Crippen LogP contribution in [0.1, 0.15) is 33.1 Å². The maximum Gasteiger partial charge on any atom is 0.229 e. The van der Waals surface area contributed by atoms with Crippen molar-refractivity contribution < 1.29 is 9.59 Å². The van der Waals surface area contributed by atoms with Gasteiger partial charge in [-0.05, 0) is 32.7 Å². The Bertz CT molecular complexity index is 337. The molecule has 0 aromatic heterocycles. The summed E-state index contributed by atoms with van der Waals surface area (Å²) < 4.78 is 0. The highest BCUT2D eigenvalue weighted by molar-refractivity contribution is 5.83. The quantitative estimate of drug-likeness (QED) is 0.734. The Balaban J connectivity index is 1.95. The van der Waals surface area contributed by atoms with Crippen LogP contribution in [0.15, 0.2) is 0 Å². The summed E-state index contributed by atoms with van der Waals surface area (Å²) in [7, 11) is 0. The van der Waals surface area contributed by atoms with Crippen molar-refractivity contribution in [3.05, 3.63) is 0 Å². The van der Waals surface area contributed by atoms with Crippen molar-refractivity contribution in [3.8, 4) is 0 Å². The summed E-state index contributed by atoms with van der Waals surface area (Å²) in [6.07, 6.45) is 2.85. The molecule has 2 N–H and O–H groups in total. The van der Waals surface area contributed by atoms with E-state index < -0.39 is 0 Å². The number of hydrogen-bond acceptors (Lipinski definition) is 3. The van der Waals surface area contributed by atoms with Crippen LogP contribution < -0.4 is 10.6 Å². The lowest BCUT2D eigenvalue weighted by Gasteiger charge is -2.37. The summed E-state index contributed by atoms with van der Waals surface area (Å²) in [6.45, 7) is 6.75. The SMILES string of the molecule is CC(=O)N[C@@H]1CCCN(C(=O)[C@@]2(C)CCNC2)C1. The summed E-state index contributed by atoms with van der Waals surface area (Å²) in [6, 6.07) is 0.123. The number of likely N-dealkylation sites (tertiary alicyclic amines) is 1. The molecule has 2 heterocycles. The standard InChI is InChI=1S/C13H23N3O2/c1-10(17)15-11-4-3-7-16(8-11)12(18)13(2)5-6-14-9-13/h11,14H,3-9H2,1-2H3,(H,15,17)/t11-,13+/m1/s1. The fraction of sp³-hybridized carbons (Fsp3) is 0.846. The fourth-order valence-corrected chi connectivity index (χ4v) is 2.95. The fourth-order valence-electron chi connectivity index (χ4n) is 2.95. The molecule has 18 heavy (non-hydrogen) atoms. The van der Waals surface area contributed by atoms with Crippen molar-refractivity contribution in [2.75, 3.05) is 26.2 Å². The molecule has 5 nitrogen and oxygen atoms in total. The predicted molar refractivity (Wildman–Crippen MR) is 69.0 cm³/mol. The summed E-state index contributed by atoms with van der Waals surface area (Å²) in [4.78, 5) is 25.5. The van der Waals surface area contributed by atoms with E-state index in [0.29, 0.717) is 6.54 Å². The van der Waals surface area contributed by atoms with E-state index in [1.807, 2.05) is 11.8 Å². The van der Waals surface area contributed by atoms with Crippen LogP contribution in [-0.2, 0) is 9.59 Å². The van der Waals surface area contributed by atoms with E-state index in [9.17, 15) is 9.59 Å². The number of piperidine rings is 1. The number of carbonyl (C=O) groups excluding carboxylic acids is 2. The van der Waals surface area contributed by atoms with Crippen molar-refractivity contribution >= 4 is 11.8 Å². The smallest absolute Gasteiger partial charge is 0.229 e. The van der Waals surface area contributed by atoms with Crippen molar-refractivity contribution in [2.45, 2.75) is 39.2 Å². The Hall–Kier alpha value is -1.10. The van der Waals surface area contributed by atoms with Gasteiger partial charge >= 0.3 is 0 Å². The minimum atomic E-state index is -0.252. The Kier molecular flexibility index (Phi) is 3.90. The number of rotatable bonds is 2. The Morgan fingerprint density at radius 1 is 1.44 bits per heavy atom. The zero-order chi connectivity index (χ0) is 13.2. The number of amides is 2. The first-order valence-corrected chi connectivity index (χ1v) is 6.78. The third-order valence-electron chi connectivity index (χ3n) is 4.00. The molecular formula is C13H23N3O2. The average molecular weight is 253 g/mol. The summed E-state index contributed by atoms with van der Waals surface area (Å²) in [5.74, 6) is 0.227. The molecule has 2 atom stereocenters. The highest BCUT2D eigenvalue weighted by atomic mass is 16.2. The van der Waals surface area contributed by atoms with Gasteiger partial charge in [0.05, 0.1) is 5.41 Å².